The van der Waals surface area contributed by atoms with Crippen LogP contribution in [0.1, 0.15) is 19.7 Å². The Hall–Kier alpha value is -2.57. The average molecular weight is 370 g/mol. The number of hydrogen-bond acceptors (Lipinski definition) is 5. The maximum atomic E-state index is 5.94. The fourth-order valence-corrected chi connectivity index (χ4v) is 2.93. The van der Waals surface area contributed by atoms with E-state index in [4.69, 9.17) is 23.9 Å². The van der Waals surface area contributed by atoms with Crippen molar-refractivity contribution >= 4 is 11.0 Å². The smallest absolute Gasteiger partial charge is 0.175 e. The minimum absolute atomic E-state index is 0.322. The molecule has 0 amide bonds. The third kappa shape index (κ3) is 4.78. The van der Waals surface area contributed by atoms with E-state index in [1.165, 1.54) is 0 Å². The zero-order valence-corrected chi connectivity index (χ0v) is 16.1. The molecule has 0 aliphatic heterocycles. The maximum absolute atomic E-state index is 5.94. The molecule has 2 aromatic carbocycles. The Morgan fingerprint density at radius 2 is 1.59 bits per heavy atom. The Bertz CT molecular complexity index is 839. The van der Waals surface area contributed by atoms with Gasteiger partial charge in [-0.2, -0.15) is 0 Å². The lowest BCUT2D eigenvalue weighted by atomic mass is 10.3. The highest BCUT2D eigenvalue weighted by Gasteiger charge is 2.16. The van der Waals surface area contributed by atoms with Crippen molar-refractivity contribution in [1.82, 2.24) is 9.55 Å². The van der Waals surface area contributed by atoms with Crippen molar-refractivity contribution in [2.75, 3.05) is 20.3 Å². The van der Waals surface area contributed by atoms with E-state index < -0.39 is 0 Å². The summed E-state index contributed by atoms with van der Waals surface area (Å²) in [6.45, 7) is 6.02. The normalized spacial score (nSPS) is 11.3. The molecule has 0 N–H and O–H groups in total. The number of hydrogen-bond donors (Lipinski definition) is 0. The molecule has 0 saturated heterocycles. The largest absolute Gasteiger partial charge is 0.497 e. The van der Waals surface area contributed by atoms with E-state index in [2.05, 4.69) is 4.57 Å². The first-order valence-electron chi connectivity index (χ1n) is 9.19. The lowest BCUT2D eigenvalue weighted by Gasteiger charge is -2.19. The van der Waals surface area contributed by atoms with E-state index in [1.54, 1.807) is 7.11 Å². The summed E-state index contributed by atoms with van der Waals surface area (Å²) >= 11 is 0. The fourth-order valence-electron chi connectivity index (χ4n) is 2.93. The summed E-state index contributed by atoms with van der Waals surface area (Å²) in [5, 5.41) is 0. The van der Waals surface area contributed by atoms with Gasteiger partial charge in [0.2, 0.25) is 0 Å². The third-order valence-electron chi connectivity index (χ3n) is 4.20. The van der Waals surface area contributed by atoms with Crippen LogP contribution in [0.15, 0.2) is 48.5 Å². The number of imidazole rings is 1. The lowest BCUT2D eigenvalue weighted by molar-refractivity contribution is -0.143. The topological polar surface area (TPSA) is 54.7 Å². The van der Waals surface area contributed by atoms with Gasteiger partial charge in [-0.3, -0.25) is 0 Å². The first-order valence-corrected chi connectivity index (χ1v) is 9.19. The van der Waals surface area contributed by atoms with E-state index in [9.17, 15) is 0 Å². The number of aromatic nitrogens is 2. The lowest BCUT2D eigenvalue weighted by Crippen LogP contribution is -2.25. The van der Waals surface area contributed by atoms with Crippen molar-refractivity contribution in [3.8, 4) is 11.5 Å². The molecule has 0 atom stereocenters. The fraction of sp³-hybridized carbons (Fsp3) is 0.381. The number of rotatable bonds is 10. The average Bonchev–Trinajstić information content (AvgIpc) is 3.05. The molecule has 0 radical (unpaired) electrons. The summed E-state index contributed by atoms with van der Waals surface area (Å²) in [4.78, 5) is 4.74. The maximum Gasteiger partial charge on any atom is 0.175 e. The molecule has 3 aromatic rings. The zero-order chi connectivity index (χ0) is 19.1. The molecule has 0 aliphatic rings. The van der Waals surface area contributed by atoms with Crippen molar-refractivity contribution in [1.29, 1.82) is 0 Å². The summed E-state index contributed by atoms with van der Waals surface area (Å²) in [5.41, 5.74) is 1.97. The van der Waals surface area contributed by atoms with Crippen molar-refractivity contribution in [2.45, 2.75) is 33.3 Å². The number of para-hydroxylation sites is 2. The summed E-state index contributed by atoms with van der Waals surface area (Å²) in [6.07, 6.45) is -0.322. The number of benzene rings is 2. The van der Waals surface area contributed by atoms with Crippen LogP contribution in [0.25, 0.3) is 11.0 Å². The minimum Gasteiger partial charge on any atom is -0.497 e. The van der Waals surface area contributed by atoms with E-state index in [1.807, 2.05) is 62.4 Å². The molecular formula is C21H26N2O4. The predicted octanol–water partition coefficient (Wildman–Crippen LogP) is 4.02. The summed E-state index contributed by atoms with van der Waals surface area (Å²) in [5.74, 6) is 2.39. The molecule has 0 fully saturated rings. The first-order chi connectivity index (χ1) is 13.2. The van der Waals surface area contributed by atoms with E-state index in [0.29, 0.717) is 26.4 Å². The van der Waals surface area contributed by atoms with Crippen LogP contribution in [0.5, 0.6) is 11.5 Å². The molecule has 0 saturated carbocycles. The van der Waals surface area contributed by atoms with Gasteiger partial charge in [0.25, 0.3) is 0 Å². The Morgan fingerprint density at radius 3 is 2.26 bits per heavy atom. The summed E-state index contributed by atoms with van der Waals surface area (Å²) in [7, 11) is 1.64. The Kier molecular flexibility index (Phi) is 6.68. The molecule has 144 valence electrons. The van der Waals surface area contributed by atoms with Crippen molar-refractivity contribution < 1.29 is 18.9 Å². The van der Waals surface area contributed by atoms with Crippen LogP contribution in [0.3, 0.4) is 0 Å². The van der Waals surface area contributed by atoms with Crippen LogP contribution in [0.4, 0.5) is 0 Å². The van der Waals surface area contributed by atoms with Crippen molar-refractivity contribution in [2.24, 2.45) is 0 Å². The molecule has 6 heteroatoms. The van der Waals surface area contributed by atoms with Crippen LogP contribution in [-0.2, 0) is 22.6 Å². The van der Waals surface area contributed by atoms with Crippen LogP contribution < -0.4 is 9.47 Å². The molecule has 0 bridgehead atoms. The quantitative estimate of drug-likeness (QED) is 0.505. The number of nitrogens with zero attached hydrogens (tertiary/aromatic N) is 2. The van der Waals surface area contributed by atoms with Gasteiger partial charge in [0.05, 0.1) is 24.7 Å². The Labute approximate surface area is 159 Å². The SMILES string of the molecule is CCOC(Cn1c(COc2ccc(OC)cc2)nc2ccccc21)OCC. The van der Waals surface area contributed by atoms with E-state index >= 15 is 0 Å². The van der Waals surface area contributed by atoms with Gasteiger partial charge < -0.3 is 23.5 Å². The second-order valence-corrected chi connectivity index (χ2v) is 5.93. The molecule has 27 heavy (non-hydrogen) atoms. The number of ether oxygens (including phenoxy) is 4. The van der Waals surface area contributed by atoms with Gasteiger partial charge in [-0.25, -0.2) is 4.98 Å². The second kappa shape index (κ2) is 9.39. The van der Waals surface area contributed by atoms with Crippen LogP contribution in [0.2, 0.25) is 0 Å². The van der Waals surface area contributed by atoms with Gasteiger partial charge in [-0.1, -0.05) is 12.1 Å². The van der Waals surface area contributed by atoms with Crippen LogP contribution in [0, 0.1) is 0 Å². The molecule has 1 aromatic heterocycles. The molecule has 0 unspecified atom stereocenters. The predicted molar refractivity (Wildman–Crippen MR) is 104 cm³/mol. The highest BCUT2D eigenvalue weighted by Crippen LogP contribution is 2.21. The Morgan fingerprint density at radius 1 is 0.926 bits per heavy atom. The highest BCUT2D eigenvalue weighted by molar-refractivity contribution is 5.75. The molecule has 0 spiro atoms. The molecule has 1 heterocycles. The van der Waals surface area contributed by atoms with Gasteiger partial charge >= 0.3 is 0 Å². The highest BCUT2D eigenvalue weighted by atomic mass is 16.7. The molecule has 3 rings (SSSR count). The summed E-state index contributed by atoms with van der Waals surface area (Å²) < 4.78 is 24.7. The molecule has 0 aliphatic carbocycles. The summed E-state index contributed by atoms with van der Waals surface area (Å²) in [6, 6.07) is 15.6. The first kappa shape index (κ1) is 19.2. The minimum atomic E-state index is -0.322. The van der Waals surface area contributed by atoms with Crippen molar-refractivity contribution in [3.63, 3.8) is 0 Å². The molecule has 6 nitrogen and oxygen atoms in total. The molecular weight excluding hydrogens is 344 g/mol. The van der Waals surface area contributed by atoms with Crippen LogP contribution in [-0.4, -0.2) is 36.2 Å². The number of methoxy groups -OCH3 is 1. The second-order valence-electron chi connectivity index (χ2n) is 5.93. The van der Waals surface area contributed by atoms with Gasteiger partial charge in [0.15, 0.2) is 6.29 Å². The van der Waals surface area contributed by atoms with Crippen LogP contribution >= 0.6 is 0 Å². The zero-order valence-electron chi connectivity index (χ0n) is 16.1. The monoisotopic (exact) mass is 370 g/mol. The van der Waals surface area contributed by atoms with Gasteiger partial charge in [-0.15, -0.1) is 0 Å². The standard InChI is InChI=1S/C21H26N2O4/c1-4-25-21(26-5-2)14-23-19-9-7-6-8-18(19)22-20(23)15-27-17-12-10-16(24-3)11-13-17/h6-13,21H,4-5,14-15H2,1-3H3. The van der Waals surface area contributed by atoms with Crippen molar-refractivity contribution in [3.05, 3.63) is 54.4 Å². The number of fused-ring (bicyclic) bond motifs is 1. The Balaban J connectivity index is 1.82. The van der Waals surface area contributed by atoms with Gasteiger partial charge in [0.1, 0.15) is 23.9 Å². The third-order valence-corrected chi connectivity index (χ3v) is 4.20. The van der Waals surface area contributed by atoms with Gasteiger partial charge in [-0.05, 0) is 50.2 Å². The van der Waals surface area contributed by atoms with Gasteiger partial charge in [0, 0.05) is 13.2 Å². The van der Waals surface area contributed by atoms with E-state index in [-0.39, 0.29) is 6.29 Å². The van der Waals surface area contributed by atoms with E-state index in [0.717, 1.165) is 28.4 Å².